The fraction of sp³-hybridized carbons (Fsp3) is 0.316. The summed E-state index contributed by atoms with van der Waals surface area (Å²) in [7, 11) is 0. The molecule has 1 amide bonds. The van der Waals surface area contributed by atoms with Crippen molar-refractivity contribution >= 4 is 11.6 Å². The van der Waals surface area contributed by atoms with Crippen LogP contribution >= 0.6 is 0 Å². The number of nitrogen functional groups attached to an aromatic ring is 1. The van der Waals surface area contributed by atoms with Crippen molar-refractivity contribution in [2.24, 2.45) is 5.92 Å². The minimum atomic E-state index is -0.0817. The zero-order valence-corrected chi connectivity index (χ0v) is 13.3. The SMILES string of the molecule is Nc1ccc(C(=O)NC(c2ccc3c(c2)OCCO3)C2CC2)cc1. The van der Waals surface area contributed by atoms with Crippen molar-refractivity contribution < 1.29 is 14.3 Å². The highest BCUT2D eigenvalue weighted by molar-refractivity contribution is 5.94. The molecule has 4 rings (SSSR count). The smallest absolute Gasteiger partial charge is 0.251 e. The molecule has 2 aromatic carbocycles. The first kappa shape index (κ1) is 14.9. The first-order valence-corrected chi connectivity index (χ1v) is 8.26. The van der Waals surface area contributed by atoms with Gasteiger partial charge in [0.05, 0.1) is 6.04 Å². The standard InChI is InChI=1S/C19H20N2O3/c20-15-6-3-13(4-7-15)19(22)21-18(12-1-2-12)14-5-8-16-17(11-14)24-10-9-23-16/h3-8,11-12,18H,1-2,9-10,20H2,(H,21,22). The van der Waals surface area contributed by atoms with E-state index in [4.69, 9.17) is 15.2 Å². The summed E-state index contributed by atoms with van der Waals surface area (Å²) in [5.74, 6) is 1.92. The molecule has 24 heavy (non-hydrogen) atoms. The monoisotopic (exact) mass is 324 g/mol. The molecule has 2 aromatic rings. The van der Waals surface area contributed by atoms with Crippen LogP contribution in [-0.4, -0.2) is 19.1 Å². The second-order valence-electron chi connectivity index (χ2n) is 6.31. The van der Waals surface area contributed by atoms with E-state index in [0.717, 1.165) is 29.9 Å². The summed E-state index contributed by atoms with van der Waals surface area (Å²) >= 11 is 0. The van der Waals surface area contributed by atoms with Gasteiger partial charge in [-0.2, -0.15) is 0 Å². The maximum absolute atomic E-state index is 12.6. The number of hydrogen-bond donors (Lipinski definition) is 2. The van der Waals surface area contributed by atoms with E-state index in [1.165, 1.54) is 0 Å². The Labute approximate surface area is 140 Å². The topological polar surface area (TPSA) is 73.6 Å². The molecule has 5 nitrogen and oxygen atoms in total. The van der Waals surface area contributed by atoms with Gasteiger partial charge in [0.1, 0.15) is 13.2 Å². The Kier molecular flexibility index (Phi) is 3.76. The van der Waals surface area contributed by atoms with Crippen molar-refractivity contribution in [3.63, 3.8) is 0 Å². The molecule has 1 aliphatic heterocycles. The summed E-state index contributed by atoms with van der Waals surface area (Å²) < 4.78 is 11.2. The summed E-state index contributed by atoms with van der Waals surface area (Å²) in [5.41, 5.74) is 8.01. The van der Waals surface area contributed by atoms with Gasteiger partial charge in [-0.05, 0) is 60.7 Å². The van der Waals surface area contributed by atoms with Gasteiger partial charge in [0.2, 0.25) is 0 Å². The number of nitrogens with one attached hydrogen (secondary N) is 1. The molecule has 1 unspecified atom stereocenters. The highest BCUT2D eigenvalue weighted by Gasteiger charge is 2.34. The normalized spacial score (nSPS) is 17.2. The molecule has 0 bridgehead atoms. The van der Waals surface area contributed by atoms with Crippen LogP contribution in [-0.2, 0) is 0 Å². The van der Waals surface area contributed by atoms with Gasteiger partial charge in [0.25, 0.3) is 5.91 Å². The Balaban J connectivity index is 1.56. The zero-order valence-electron chi connectivity index (χ0n) is 13.3. The van der Waals surface area contributed by atoms with E-state index in [-0.39, 0.29) is 11.9 Å². The van der Waals surface area contributed by atoms with Gasteiger partial charge in [-0.1, -0.05) is 6.07 Å². The highest BCUT2D eigenvalue weighted by Crippen LogP contribution is 2.43. The molecule has 0 aromatic heterocycles. The third-order valence-corrected chi connectivity index (χ3v) is 4.48. The Bertz CT molecular complexity index is 754. The minimum Gasteiger partial charge on any atom is -0.486 e. The maximum Gasteiger partial charge on any atom is 0.251 e. The molecule has 1 fully saturated rings. The lowest BCUT2D eigenvalue weighted by Crippen LogP contribution is -2.30. The number of carbonyl (C=O) groups excluding carboxylic acids is 1. The van der Waals surface area contributed by atoms with Gasteiger partial charge in [-0.25, -0.2) is 0 Å². The number of fused-ring (bicyclic) bond motifs is 1. The van der Waals surface area contributed by atoms with Crippen LogP contribution in [0.5, 0.6) is 11.5 Å². The molecular weight excluding hydrogens is 304 g/mol. The Morgan fingerprint density at radius 2 is 1.75 bits per heavy atom. The van der Waals surface area contributed by atoms with Crippen LogP contribution in [0.1, 0.15) is 34.8 Å². The van der Waals surface area contributed by atoms with Crippen LogP contribution in [0.2, 0.25) is 0 Å². The van der Waals surface area contributed by atoms with Crippen molar-refractivity contribution in [3.05, 3.63) is 53.6 Å². The van der Waals surface area contributed by atoms with Crippen LogP contribution in [0, 0.1) is 5.92 Å². The van der Waals surface area contributed by atoms with Crippen molar-refractivity contribution in [3.8, 4) is 11.5 Å². The lowest BCUT2D eigenvalue weighted by Gasteiger charge is -2.23. The summed E-state index contributed by atoms with van der Waals surface area (Å²) in [4.78, 5) is 12.6. The minimum absolute atomic E-state index is 0.00844. The Morgan fingerprint density at radius 3 is 2.46 bits per heavy atom. The largest absolute Gasteiger partial charge is 0.486 e. The molecular formula is C19H20N2O3. The van der Waals surface area contributed by atoms with Crippen LogP contribution in [0.25, 0.3) is 0 Å². The molecule has 0 saturated heterocycles. The number of anilines is 1. The molecule has 2 aliphatic rings. The second kappa shape index (κ2) is 6.07. The van der Waals surface area contributed by atoms with Crippen molar-refractivity contribution in [1.82, 2.24) is 5.32 Å². The molecule has 1 heterocycles. The Morgan fingerprint density at radius 1 is 1.04 bits per heavy atom. The predicted molar refractivity (Wildman–Crippen MR) is 91.2 cm³/mol. The molecule has 124 valence electrons. The van der Waals surface area contributed by atoms with Crippen LogP contribution < -0.4 is 20.5 Å². The average Bonchev–Trinajstić information content (AvgIpc) is 3.44. The predicted octanol–water partition coefficient (Wildman–Crippen LogP) is 2.92. The van der Waals surface area contributed by atoms with E-state index in [2.05, 4.69) is 5.32 Å². The number of benzene rings is 2. The van der Waals surface area contributed by atoms with E-state index in [0.29, 0.717) is 30.4 Å². The third-order valence-electron chi connectivity index (χ3n) is 4.48. The van der Waals surface area contributed by atoms with E-state index in [1.807, 2.05) is 18.2 Å². The lowest BCUT2D eigenvalue weighted by atomic mass is 10.0. The lowest BCUT2D eigenvalue weighted by molar-refractivity contribution is 0.0931. The Hall–Kier alpha value is -2.69. The number of hydrogen-bond acceptors (Lipinski definition) is 4. The summed E-state index contributed by atoms with van der Waals surface area (Å²) in [6, 6.07) is 12.9. The first-order chi connectivity index (χ1) is 11.7. The molecule has 5 heteroatoms. The highest BCUT2D eigenvalue weighted by atomic mass is 16.6. The van der Waals surface area contributed by atoms with Gasteiger partial charge < -0.3 is 20.5 Å². The quantitative estimate of drug-likeness (QED) is 0.848. The number of carbonyl (C=O) groups is 1. The number of amides is 1. The van der Waals surface area contributed by atoms with E-state index in [9.17, 15) is 4.79 Å². The fourth-order valence-electron chi connectivity index (χ4n) is 3.02. The van der Waals surface area contributed by atoms with Crippen LogP contribution in [0.4, 0.5) is 5.69 Å². The van der Waals surface area contributed by atoms with Gasteiger partial charge >= 0.3 is 0 Å². The first-order valence-electron chi connectivity index (χ1n) is 8.26. The summed E-state index contributed by atoms with van der Waals surface area (Å²) in [6.45, 7) is 1.13. The fourth-order valence-corrected chi connectivity index (χ4v) is 3.02. The maximum atomic E-state index is 12.6. The second-order valence-corrected chi connectivity index (χ2v) is 6.31. The van der Waals surface area contributed by atoms with E-state index < -0.39 is 0 Å². The number of nitrogens with two attached hydrogens (primary N) is 1. The molecule has 1 saturated carbocycles. The number of rotatable bonds is 4. The van der Waals surface area contributed by atoms with E-state index >= 15 is 0 Å². The third kappa shape index (κ3) is 3.02. The van der Waals surface area contributed by atoms with Crippen LogP contribution in [0.15, 0.2) is 42.5 Å². The summed E-state index contributed by atoms with van der Waals surface area (Å²) in [6.07, 6.45) is 2.25. The van der Waals surface area contributed by atoms with Gasteiger partial charge in [0.15, 0.2) is 11.5 Å². The van der Waals surface area contributed by atoms with Gasteiger partial charge in [-0.3, -0.25) is 4.79 Å². The van der Waals surface area contributed by atoms with E-state index in [1.54, 1.807) is 24.3 Å². The van der Waals surface area contributed by atoms with Crippen LogP contribution in [0.3, 0.4) is 0 Å². The number of ether oxygens (including phenoxy) is 2. The molecule has 1 aliphatic carbocycles. The summed E-state index contributed by atoms with van der Waals surface area (Å²) in [5, 5.41) is 3.16. The molecule has 0 spiro atoms. The molecule has 1 atom stereocenters. The van der Waals surface area contributed by atoms with Crippen molar-refractivity contribution in [1.29, 1.82) is 0 Å². The van der Waals surface area contributed by atoms with Gasteiger partial charge in [0, 0.05) is 11.3 Å². The van der Waals surface area contributed by atoms with Crippen molar-refractivity contribution in [2.75, 3.05) is 18.9 Å². The van der Waals surface area contributed by atoms with Gasteiger partial charge in [-0.15, -0.1) is 0 Å². The average molecular weight is 324 g/mol. The van der Waals surface area contributed by atoms with Crippen molar-refractivity contribution in [2.45, 2.75) is 18.9 Å². The zero-order chi connectivity index (χ0) is 16.5. The molecule has 0 radical (unpaired) electrons. The molecule has 3 N–H and O–H groups in total.